The maximum atomic E-state index is 11.4. The van der Waals surface area contributed by atoms with Crippen LogP contribution in [0.1, 0.15) is 0 Å². The van der Waals surface area contributed by atoms with E-state index in [-0.39, 0.29) is 14.9 Å². The molecule has 1 aromatic carbocycles. The zero-order chi connectivity index (χ0) is 11.7. The van der Waals surface area contributed by atoms with E-state index in [0.717, 1.165) is 0 Å². The first-order valence-electron chi connectivity index (χ1n) is 3.65. The van der Waals surface area contributed by atoms with Crippen LogP contribution in [0.25, 0.3) is 0 Å². The highest BCUT2D eigenvalue weighted by Gasteiger charge is 2.21. The molecule has 0 aromatic heterocycles. The Balaban J connectivity index is 3.66. The molecule has 15 heavy (non-hydrogen) atoms. The minimum absolute atomic E-state index is 0.205. The van der Waals surface area contributed by atoms with Gasteiger partial charge in [0.1, 0.15) is 0 Å². The summed E-state index contributed by atoms with van der Waals surface area (Å²) >= 11 is 25.3. The molecule has 0 radical (unpaired) electrons. The highest BCUT2D eigenvalue weighted by atomic mass is 35.5. The average molecular weight is 324 g/mol. The van der Waals surface area contributed by atoms with Crippen molar-refractivity contribution in [3.8, 4) is 0 Å². The summed E-state index contributed by atoms with van der Waals surface area (Å²) in [4.78, 5) is 0.883. The summed E-state index contributed by atoms with van der Waals surface area (Å²) in [5.41, 5.74) is 0. The minimum Gasteiger partial charge on any atom is -0.255 e. The number of thioether (sulfide) groups is 1. The fourth-order valence-electron chi connectivity index (χ4n) is 1.02. The van der Waals surface area contributed by atoms with Gasteiger partial charge in [0.05, 0.1) is 35.8 Å². The monoisotopic (exact) mass is 322 g/mol. The second-order valence-corrected chi connectivity index (χ2v) is 6.22. The molecule has 0 aliphatic heterocycles. The molecule has 7 heteroatoms. The molecule has 1 aromatic rings. The summed E-state index contributed by atoms with van der Waals surface area (Å²) < 4.78 is 11.4. The van der Waals surface area contributed by atoms with E-state index in [0.29, 0.717) is 14.9 Å². The van der Waals surface area contributed by atoms with Gasteiger partial charge in [-0.25, -0.2) is 0 Å². The molecular formula is C8H6Cl4OS2. The molecule has 0 heterocycles. The van der Waals surface area contributed by atoms with Gasteiger partial charge in [-0.1, -0.05) is 46.4 Å². The van der Waals surface area contributed by atoms with Crippen molar-refractivity contribution in [3.63, 3.8) is 0 Å². The van der Waals surface area contributed by atoms with Crippen LogP contribution in [0.3, 0.4) is 0 Å². The van der Waals surface area contributed by atoms with Crippen LogP contribution in [0.15, 0.2) is 9.79 Å². The van der Waals surface area contributed by atoms with Gasteiger partial charge in [-0.2, -0.15) is 0 Å². The molecule has 0 aliphatic carbocycles. The third kappa shape index (κ3) is 2.59. The fraction of sp³-hybridized carbons (Fsp3) is 0.250. The lowest BCUT2D eigenvalue weighted by Crippen LogP contribution is -1.94. The predicted molar refractivity (Wildman–Crippen MR) is 70.6 cm³/mol. The zero-order valence-corrected chi connectivity index (χ0v) is 12.4. The average Bonchev–Trinajstić information content (AvgIpc) is 2.16. The van der Waals surface area contributed by atoms with Crippen LogP contribution in [-0.2, 0) is 10.8 Å². The van der Waals surface area contributed by atoms with E-state index in [4.69, 9.17) is 46.4 Å². The van der Waals surface area contributed by atoms with Gasteiger partial charge in [0.25, 0.3) is 0 Å². The van der Waals surface area contributed by atoms with Crippen LogP contribution in [0.2, 0.25) is 20.1 Å². The molecule has 0 spiro atoms. The summed E-state index contributed by atoms with van der Waals surface area (Å²) in [7, 11) is -1.32. The van der Waals surface area contributed by atoms with Crippen LogP contribution in [0.4, 0.5) is 0 Å². The Kier molecular flexibility index (Phi) is 5.09. The molecule has 1 rings (SSSR count). The highest BCUT2D eigenvalue weighted by molar-refractivity contribution is 7.98. The van der Waals surface area contributed by atoms with Gasteiger partial charge in [-0.3, -0.25) is 4.21 Å². The first-order valence-corrected chi connectivity index (χ1v) is 7.94. The van der Waals surface area contributed by atoms with E-state index >= 15 is 0 Å². The number of benzene rings is 1. The first kappa shape index (κ1) is 13.9. The van der Waals surface area contributed by atoms with E-state index in [1.807, 2.05) is 6.26 Å². The highest BCUT2D eigenvalue weighted by Crippen LogP contribution is 2.46. The molecule has 0 bridgehead atoms. The number of hydrogen-bond donors (Lipinski definition) is 0. The molecule has 0 saturated carbocycles. The Morgan fingerprint density at radius 1 is 1.00 bits per heavy atom. The van der Waals surface area contributed by atoms with E-state index in [2.05, 4.69) is 0 Å². The Labute approximate surface area is 115 Å². The van der Waals surface area contributed by atoms with Gasteiger partial charge >= 0.3 is 0 Å². The minimum atomic E-state index is -1.32. The van der Waals surface area contributed by atoms with Gasteiger partial charge in [0, 0.05) is 11.2 Å². The van der Waals surface area contributed by atoms with E-state index in [1.165, 1.54) is 18.0 Å². The van der Waals surface area contributed by atoms with Crippen LogP contribution >= 0.6 is 58.2 Å². The topological polar surface area (TPSA) is 17.1 Å². The Hall–Kier alpha value is 0.880. The lowest BCUT2D eigenvalue weighted by atomic mass is 10.3. The van der Waals surface area contributed by atoms with Crippen LogP contribution in [0.5, 0.6) is 0 Å². The maximum Gasteiger partial charge on any atom is 0.0788 e. The molecule has 0 aliphatic rings. The van der Waals surface area contributed by atoms with Gasteiger partial charge in [-0.15, -0.1) is 11.8 Å². The summed E-state index contributed by atoms with van der Waals surface area (Å²) in [6.45, 7) is 0. The quantitative estimate of drug-likeness (QED) is 0.576. The zero-order valence-electron chi connectivity index (χ0n) is 7.74. The lowest BCUT2D eigenvalue weighted by Gasteiger charge is -2.12. The molecule has 0 fully saturated rings. The third-order valence-corrected chi connectivity index (χ3v) is 5.63. The molecule has 84 valence electrons. The fourth-order valence-corrected chi connectivity index (χ4v) is 4.49. The molecule has 0 amide bonds. The van der Waals surface area contributed by atoms with Crippen molar-refractivity contribution in [2.45, 2.75) is 9.79 Å². The predicted octanol–water partition coefficient (Wildman–Crippen LogP) is 4.76. The summed E-state index contributed by atoms with van der Waals surface area (Å²) in [5, 5.41) is 1.00. The molecule has 0 saturated heterocycles. The van der Waals surface area contributed by atoms with Crippen LogP contribution in [-0.4, -0.2) is 16.7 Å². The summed E-state index contributed by atoms with van der Waals surface area (Å²) in [6, 6.07) is 0. The lowest BCUT2D eigenvalue weighted by molar-refractivity contribution is 0.687. The standard InChI is InChI=1S/C8H6Cl4OS2/c1-14-7-3(9)5(11)8(15(2)13)6(12)4(7)10/h1-2H3. The maximum absolute atomic E-state index is 11.4. The largest absolute Gasteiger partial charge is 0.255 e. The van der Waals surface area contributed by atoms with Gasteiger partial charge in [0.2, 0.25) is 0 Å². The third-order valence-electron chi connectivity index (χ3n) is 1.67. The van der Waals surface area contributed by atoms with Gasteiger partial charge in [0.15, 0.2) is 0 Å². The van der Waals surface area contributed by atoms with Crippen molar-refractivity contribution in [2.75, 3.05) is 12.5 Å². The summed E-state index contributed by atoms with van der Waals surface area (Å²) in [5.74, 6) is 0. The molecule has 0 N–H and O–H groups in total. The van der Waals surface area contributed by atoms with Crippen molar-refractivity contribution < 1.29 is 4.21 Å². The van der Waals surface area contributed by atoms with E-state index in [9.17, 15) is 4.21 Å². The van der Waals surface area contributed by atoms with E-state index in [1.54, 1.807) is 0 Å². The first-order chi connectivity index (χ1) is 6.91. The molecule has 1 unspecified atom stereocenters. The Morgan fingerprint density at radius 3 is 1.67 bits per heavy atom. The van der Waals surface area contributed by atoms with Crippen LogP contribution < -0.4 is 0 Å². The SMILES string of the molecule is CSc1c(Cl)c(Cl)c(S(C)=O)c(Cl)c1Cl. The number of rotatable bonds is 2. The smallest absolute Gasteiger partial charge is 0.0788 e. The van der Waals surface area contributed by atoms with Crippen molar-refractivity contribution in [3.05, 3.63) is 20.1 Å². The van der Waals surface area contributed by atoms with Crippen molar-refractivity contribution >= 4 is 69.0 Å². The van der Waals surface area contributed by atoms with E-state index < -0.39 is 10.8 Å². The second-order valence-electron chi connectivity index (χ2n) is 2.57. The molecule has 1 nitrogen and oxygen atoms in total. The Bertz CT molecular complexity index is 404. The van der Waals surface area contributed by atoms with Crippen molar-refractivity contribution in [2.24, 2.45) is 0 Å². The summed E-state index contributed by atoms with van der Waals surface area (Å²) in [6.07, 6.45) is 3.28. The normalized spacial score (nSPS) is 12.9. The van der Waals surface area contributed by atoms with Crippen molar-refractivity contribution in [1.82, 2.24) is 0 Å². The van der Waals surface area contributed by atoms with Gasteiger partial charge in [-0.05, 0) is 6.26 Å². The van der Waals surface area contributed by atoms with Gasteiger partial charge < -0.3 is 0 Å². The number of hydrogen-bond acceptors (Lipinski definition) is 2. The number of halogens is 4. The van der Waals surface area contributed by atoms with Crippen molar-refractivity contribution in [1.29, 1.82) is 0 Å². The molecular weight excluding hydrogens is 318 g/mol. The Morgan fingerprint density at radius 2 is 1.40 bits per heavy atom. The second kappa shape index (κ2) is 5.48. The molecule has 1 atom stereocenters. The van der Waals surface area contributed by atoms with Crippen LogP contribution in [0, 0.1) is 0 Å².